The van der Waals surface area contributed by atoms with Gasteiger partial charge in [0, 0.05) is 51.4 Å². The number of rotatable bonds is 3. The quantitative estimate of drug-likeness (QED) is 0.834. The summed E-state index contributed by atoms with van der Waals surface area (Å²) >= 11 is 1.74. The van der Waals surface area contributed by atoms with Crippen LogP contribution in [0.15, 0.2) is 16.8 Å². The Morgan fingerprint density at radius 1 is 1.21 bits per heavy atom. The molecular formula is C18H26N2O3S. The maximum Gasteiger partial charge on any atom is 0.227 e. The number of nitrogens with zero attached hydrogens (tertiary/aromatic N) is 2. The van der Waals surface area contributed by atoms with Gasteiger partial charge >= 0.3 is 0 Å². The molecule has 1 aromatic rings. The first-order valence-electron chi connectivity index (χ1n) is 8.95. The molecule has 4 heterocycles. The van der Waals surface area contributed by atoms with Crippen molar-refractivity contribution >= 4 is 17.2 Å². The van der Waals surface area contributed by atoms with Gasteiger partial charge in [0.2, 0.25) is 5.91 Å². The van der Waals surface area contributed by atoms with E-state index in [2.05, 4.69) is 21.7 Å². The average Bonchev–Trinajstić information content (AvgIpc) is 3.24. The van der Waals surface area contributed by atoms with Crippen LogP contribution in [0.25, 0.3) is 0 Å². The molecule has 5 nitrogen and oxygen atoms in total. The predicted octanol–water partition coefficient (Wildman–Crippen LogP) is 1.84. The van der Waals surface area contributed by atoms with Gasteiger partial charge in [-0.3, -0.25) is 9.69 Å². The van der Waals surface area contributed by atoms with Crippen molar-refractivity contribution in [2.75, 3.05) is 52.6 Å². The summed E-state index contributed by atoms with van der Waals surface area (Å²) in [6.07, 6.45) is 2.02. The summed E-state index contributed by atoms with van der Waals surface area (Å²) in [7, 11) is 0. The third-order valence-corrected chi connectivity index (χ3v) is 6.55. The highest BCUT2D eigenvalue weighted by molar-refractivity contribution is 7.07. The van der Waals surface area contributed by atoms with E-state index in [4.69, 9.17) is 9.47 Å². The van der Waals surface area contributed by atoms with Crippen LogP contribution < -0.4 is 0 Å². The van der Waals surface area contributed by atoms with Crippen molar-refractivity contribution in [3.8, 4) is 0 Å². The van der Waals surface area contributed by atoms with Crippen molar-refractivity contribution in [1.82, 2.24) is 9.80 Å². The van der Waals surface area contributed by atoms with E-state index >= 15 is 0 Å². The molecule has 6 heteroatoms. The highest BCUT2D eigenvalue weighted by atomic mass is 32.1. The monoisotopic (exact) mass is 350 g/mol. The van der Waals surface area contributed by atoms with E-state index in [0.29, 0.717) is 19.1 Å². The van der Waals surface area contributed by atoms with E-state index in [9.17, 15) is 4.79 Å². The van der Waals surface area contributed by atoms with Crippen molar-refractivity contribution in [3.63, 3.8) is 0 Å². The van der Waals surface area contributed by atoms with Gasteiger partial charge in [0.25, 0.3) is 0 Å². The van der Waals surface area contributed by atoms with Gasteiger partial charge in [0.05, 0.1) is 19.1 Å². The van der Waals surface area contributed by atoms with Crippen LogP contribution in [-0.4, -0.2) is 68.3 Å². The van der Waals surface area contributed by atoms with Gasteiger partial charge in [0.1, 0.15) is 0 Å². The minimum atomic E-state index is 0.101. The molecule has 1 amide bonds. The second-order valence-electron chi connectivity index (χ2n) is 7.27. The van der Waals surface area contributed by atoms with Crippen molar-refractivity contribution in [2.24, 2.45) is 11.3 Å². The van der Waals surface area contributed by atoms with Gasteiger partial charge in [-0.2, -0.15) is 11.3 Å². The molecule has 3 aliphatic heterocycles. The summed E-state index contributed by atoms with van der Waals surface area (Å²) in [6.45, 7) is 7.27. The number of hydrogen-bond acceptors (Lipinski definition) is 5. The highest BCUT2D eigenvalue weighted by Crippen LogP contribution is 2.45. The number of thiophene rings is 1. The highest BCUT2D eigenvalue weighted by Gasteiger charge is 2.51. The molecule has 0 bridgehead atoms. The lowest BCUT2D eigenvalue weighted by Crippen LogP contribution is -2.49. The summed E-state index contributed by atoms with van der Waals surface area (Å²) in [5.74, 6) is 0.450. The number of hydrogen-bond donors (Lipinski definition) is 0. The third-order valence-electron chi connectivity index (χ3n) is 5.81. The van der Waals surface area contributed by atoms with Crippen molar-refractivity contribution in [2.45, 2.75) is 19.4 Å². The lowest BCUT2D eigenvalue weighted by molar-refractivity contribution is -0.144. The molecular weight excluding hydrogens is 324 g/mol. The summed E-state index contributed by atoms with van der Waals surface area (Å²) in [5.41, 5.74) is 1.46. The van der Waals surface area contributed by atoms with Crippen molar-refractivity contribution < 1.29 is 14.3 Å². The summed E-state index contributed by atoms with van der Waals surface area (Å²) in [4.78, 5) is 17.7. The SMILES string of the molecule is O=C([C@@H]1CN(Cc2ccsc2)CC12CCOCC2)N1CCOCC1. The van der Waals surface area contributed by atoms with Gasteiger partial charge < -0.3 is 14.4 Å². The van der Waals surface area contributed by atoms with Crippen LogP contribution in [0.2, 0.25) is 0 Å². The van der Waals surface area contributed by atoms with E-state index in [0.717, 1.165) is 58.8 Å². The molecule has 1 spiro atoms. The molecule has 24 heavy (non-hydrogen) atoms. The second-order valence-corrected chi connectivity index (χ2v) is 8.05. The lowest BCUT2D eigenvalue weighted by Gasteiger charge is -2.40. The van der Waals surface area contributed by atoms with Gasteiger partial charge in [-0.1, -0.05) is 0 Å². The Morgan fingerprint density at radius 3 is 2.67 bits per heavy atom. The molecule has 0 unspecified atom stereocenters. The Morgan fingerprint density at radius 2 is 1.96 bits per heavy atom. The number of carbonyl (C=O) groups excluding carboxylic acids is 1. The summed E-state index contributed by atoms with van der Waals surface area (Å²) in [5, 5.41) is 4.35. The molecule has 3 fully saturated rings. The minimum absolute atomic E-state index is 0.101. The van der Waals surface area contributed by atoms with Crippen LogP contribution in [0.5, 0.6) is 0 Å². The number of morpholine rings is 1. The van der Waals surface area contributed by atoms with E-state index < -0.39 is 0 Å². The Kier molecular flexibility index (Phi) is 4.90. The van der Waals surface area contributed by atoms with Crippen LogP contribution in [-0.2, 0) is 20.8 Å². The minimum Gasteiger partial charge on any atom is -0.381 e. The normalized spacial score (nSPS) is 27.7. The van der Waals surface area contributed by atoms with Crippen LogP contribution in [0.1, 0.15) is 18.4 Å². The first-order valence-corrected chi connectivity index (χ1v) is 9.89. The van der Waals surface area contributed by atoms with Crippen LogP contribution in [0.4, 0.5) is 0 Å². The Balaban J connectivity index is 1.51. The fraction of sp³-hybridized carbons (Fsp3) is 0.722. The molecule has 132 valence electrons. The van der Waals surface area contributed by atoms with E-state index in [-0.39, 0.29) is 11.3 Å². The van der Waals surface area contributed by atoms with Gasteiger partial charge in [-0.25, -0.2) is 0 Å². The summed E-state index contributed by atoms with van der Waals surface area (Å²) in [6, 6.07) is 2.19. The first kappa shape index (κ1) is 16.5. The zero-order valence-corrected chi connectivity index (χ0v) is 14.9. The number of carbonyl (C=O) groups is 1. The Labute approximate surface area is 147 Å². The van der Waals surface area contributed by atoms with E-state index in [1.165, 1.54) is 5.56 Å². The molecule has 3 aliphatic rings. The summed E-state index contributed by atoms with van der Waals surface area (Å²) < 4.78 is 11.0. The third kappa shape index (κ3) is 3.25. The molecule has 1 atom stereocenters. The maximum absolute atomic E-state index is 13.2. The zero-order valence-electron chi connectivity index (χ0n) is 14.1. The second kappa shape index (κ2) is 7.12. The van der Waals surface area contributed by atoms with Gasteiger partial charge in [-0.05, 0) is 35.2 Å². The smallest absolute Gasteiger partial charge is 0.227 e. The number of likely N-dealkylation sites (tertiary alicyclic amines) is 1. The standard InChI is InChI=1S/C18H26N2O3S/c21-17(20-4-8-23-9-5-20)16-12-19(11-15-1-10-24-13-15)14-18(16)2-6-22-7-3-18/h1,10,13,16H,2-9,11-12,14H2/t16-/m0/s1. The van der Waals surface area contributed by atoms with Crippen LogP contribution >= 0.6 is 11.3 Å². The van der Waals surface area contributed by atoms with Gasteiger partial charge in [0.15, 0.2) is 0 Å². The molecule has 0 aliphatic carbocycles. The Hall–Kier alpha value is -0.950. The molecule has 0 aromatic carbocycles. The van der Waals surface area contributed by atoms with Gasteiger partial charge in [-0.15, -0.1) is 0 Å². The average molecular weight is 350 g/mol. The fourth-order valence-electron chi connectivity index (χ4n) is 4.46. The Bertz CT molecular complexity index is 551. The molecule has 3 saturated heterocycles. The molecule has 0 saturated carbocycles. The van der Waals surface area contributed by atoms with Crippen molar-refractivity contribution in [3.05, 3.63) is 22.4 Å². The van der Waals surface area contributed by atoms with E-state index in [1.807, 2.05) is 4.90 Å². The largest absolute Gasteiger partial charge is 0.381 e. The number of amides is 1. The predicted molar refractivity (Wildman–Crippen MR) is 93.0 cm³/mol. The first-order chi connectivity index (χ1) is 11.8. The van der Waals surface area contributed by atoms with Crippen LogP contribution in [0, 0.1) is 11.3 Å². The zero-order chi connectivity index (χ0) is 16.4. The fourth-order valence-corrected chi connectivity index (χ4v) is 5.12. The maximum atomic E-state index is 13.2. The molecule has 1 aromatic heterocycles. The lowest BCUT2D eigenvalue weighted by atomic mass is 9.71. The molecule has 4 rings (SSSR count). The topological polar surface area (TPSA) is 42.0 Å². The molecule has 0 N–H and O–H groups in total. The van der Waals surface area contributed by atoms with E-state index in [1.54, 1.807) is 11.3 Å². The number of ether oxygens (including phenoxy) is 2. The molecule has 0 radical (unpaired) electrons. The van der Waals surface area contributed by atoms with Crippen LogP contribution in [0.3, 0.4) is 0 Å². The van der Waals surface area contributed by atoms with Crippen molar-refractivity contribution in [1.29, 1.82) is 0 Å².